The molecule has 0 fully saturated rings. The standard InChI is InChI=1S/C11H7I2N3S/c12-10(13)6-2-1-3-7-9(6)16-11(15-7)8-4-17-5-14-8/h1-5,10H,(H,15,16). The van der Waals surface area contributed by atoms with E-state index >= 15 is 0 Å². The number of thiazole rings is 1. The highest BCUT2D eigenvalue weighted by Gasteiger charge is 2.12. The summed E-state index contributed by atoms with van der Waals surface area (Å²) in [5, 5.41) is 2.00. The number of hydrogen-bond acceptors (Lipinski definition) is 3. The summed E-state index contributed by atoms with van der Waals surface area (Å²) < 4.78 is 0.417. The molecule has 3 rings (SSSR count). The minimum absolute atomic E-state index is 0.417. The van der Waals surface area contributed by atoms with E-state index in [1.807, 2.05) is 10.9 Å². The summed E-state index contributed by atoms with van der Waals surface area (Å²) in [6, 6.07) is 6.24. The van der Waals surface area contributed by atoms with Crippen LogP contribution in [0.5, 0.6) is 0 Å². The number of fused-ring (bicyclic) bond motifs is 1. The van der Waals surface area contributed by atoms with Crippen LogP contribution in [-0.4, -0.2) is 15.0 Å². The van der Waals surface area contributed by atoms with Crippen molar-refractivity contribution in [2.45, 2.75) is 1.93 Å². The van der Waals surface area contributed by atoms with Gasteiger partial charge in [0.1, 0.15) is 5.69 Å². The van der Waals surface area contributed by atoms with Crippen LogP contribution in [0.1, 0.15) is 7.49 Å². The van der Waals surface area contributed by atoms with Gasteiger partial charge in [-0.15, -0.1) is 11.3 Å². The van der Waals surface area contributed by atoms with Crippen LogP contribution < -0.4 is 0 Å². The lowest BCUT2D eigenvalue weighted by atomic mass is 10.2. The van der Waals surface area contributed by atoms with E-state index in [0.717, 1.165) is 22.6 Å². The Bertz CT molecular complexity index is 646. The van der Waals surface area contributed by atoms with E-state index < -0.39 is 0 Å². The molecule has 0 bridgehead atoms. The molecule has 0 atom stereocenters. The fourth-order valence-corrected chi connectivity index (χ4v) is 3.22. The van der Waals surface area contributed by atoms with E-state index in [0.29, 0.717) is 1.93 Å². The first-order valence-corrected chi connectivity index (χ1v) is 8.34. The van der Waals surface area contributed by atoms with Crippen LogP contribution in [0.4, 0.5) is 0 Å². The minimum atomic E-state index is 0.417. The third kappa shape index (κ3) is 2.22. The van der Waals surface area contributed by atoms with Crippen LogP contribution in [0.3, 0.4) is 0 Å². The number of nitrogens with one attached hydrogen (secondary N) is 1. The van der Waals surface area contributed by atoms with E-state index in [2.05, 4.69) is 78.3 Å². The van der Waals surface area contributed by atoms with E-state index in [1.165, 1.54) is 5.56 Å². The number of nitrogens with zero attached hydrogens (tertiary/aromatic N) is 2. The number of aromatic nitrogens is 3. The van der Waals surface area contributed by atoms with Gasteiger partial charge in [-0.25, -0.2) is 9.97 Å². The second-order valence-electron chi connectivity index (χ2n) is 3.50. The van der Waals surface area contributed by atoms with Crippen molar-refractivity contribution < 1.29 is 0 Å². The second-order valence-corrected chi connectivity index (χ2v) is 9.10. The van der Waals surface area contributed by atoms with Gasteiger partial charge in [0.2, 0.25) is 0 Å². The van der Waals surface area contributed by atoms with Crippen LogP contribution in [0.25, 0.3) is 22.6 Å². The number of hydrogen-bond donors (Lipinski definition) is 1. The van der Waals surface area contributed by atoms with Crippen molar-refractivity contribution in [3.05, 3.63) is 34.7 Å². The predicted octanol–water partition coefficient (Wildman–Crippen LogP) is 4.56. The first-order valence-electron chi connectivity index (χ1n) is 4.91. The van der Waals surface area contributed by atoms with Crippen molar-refractivity contribution in [2.24, 2.45) is 0 Å². The highest BCUT2D eigenvalue weighted by molar-refractivity contribution is 14.2. The predicted molar refractivity (Wildman–Crippen MR) is 88.0 cm³/mol. The summed E-state index contributed by atoms with van der Waals surface area (Å²) in [5.41, 5.74) is 6.10. The highest BCUT2D eigenvalue weighted by atomic mass is 127. The summed E-state index contributed by atoms with van der Waals surface area (Å²) in [7, 11) is 0. The van der Waals surface area contributed by atoms with Gasteiger partial charge in [-0.1, -0.05) is 57.3 Å². The third-order valence-electron chi connectivity index (χ3n) is 2.45. The molecule has 3 aromatic rings. The van der Waals surface area contributed by atoms with Gasteiger partial charge in [-0.2, -0.15) is 0 Å². The molecule has 2 aromatic heterocycles. The van der Waals surface area contributed by atoms with Gasteiger partial charge in [0.15, 0.2) is 5.82 Å². The first kappa shape index (κ1) is 11.8. The molecule has 0 radical (unpaired) electrons. The van der Waals surface area contributed by atoms with Crippen LogP contribution >= 0.6 is 56.5 Å². The molecular weight excluding hydrogens is 460 g/mol. The van der Waals surface area contributed by atoms with Gasteiger partial charge in [-0.05, 0) is 6.07 Å². The van der Waals surface area contributed by atoms with Crippen molar-refractivity contribution >= 4 is 67.6 Å². The van der Waals surface area contributed by atoms with Crippen LogP contribution in [-0.2, 0) is 0 Å². The van der Waals surface area contributed by atoms with Gasteiger partial charge in [0, 0.05) is 10.9 Å². The molecule has 0 unspecified atom stereocenters. The SMILES string of the molecule is IC(I)c1cccc2[nH]c(-c3cscn3)nc12. The quantitative estimate of drug-likeness (QED) is 0.444. The fraction of sp³-hybridized carbons (Fsp3) is 0.0909. The Hall–Kier alpha value is -0.220. The molecule has 0 amide bonds. The Morgan fingerprint density at radius 2 is 2.18 bits per heavy atom. The average Bonchev–Trinajstić information content (AvgIpc) is 2.96. The van der Waals surface area contributed by atoms with E-state index in [9.17, 15) is 0 Å². The molecule has 0 saturated carbocycles. The molecule has 86 valence electrons. The summed E-state index contributed by atoms with van der Waals surface area (Å²) in [4.78, 5) is 12.3. The molecule has 0 spiro atoms. The van der Waals surface area contributed by atoms with Crippen molar-refractivity contribution in [2.75, 3.05) is 0 Å². The number of benzene rings is 1. The zero-order valence-corrected chi connectivity index (χ0v) is 13.7. The Labute approximate surface area is 129 Å². The summed E-state index contributed by atoms with van der Waals surface area (Å²) in [6.45, 7) is 0. The van der Waals surface area contributed by atoms with Crippen molar-refractivity contribution in [3.8, 4) is 11.5 Å². The van der Waals surface area contributed by atoms with Gasteiger partial charge >= 0.3 is 0 Å². The number of imidazole rings is 1. The number of para-hydroxylation sites is 1. The smallest absolute Gasteiger partial charge is 0.158 e. The van der Waals surface area contributed by atoms with Crippen LogP contribution in [0.15, 0.2) is 29.1 Å². The molecular formula is C11H7I2N3S. The molecule has 1 aromatic carbocycles. The van der Waals surface area contributed by atoms with Crippen molar-refractivity contribution in [3.63, 3.8) is 0 Å². The molecule has 0 aliphatic carbocycles. The summed E-state index contributed by atoms with van der Waals surface area (Å²) >= 11 is 6.38. The van der Waals surface area contributed by atoms with Crippen LogP contribution in [0, 0.1) is 0 Å². The maximum Gasteiger partial charge on any atom is 0.158 e. The van der Waals surface area contributed by atoms with Gasteiger partial charge in [0.05, 0.1) is 18.5 Å². The monoisotopic (exact) mass is 467 g/mol. The zero-order chi connectivity index (χ0) is 11.8. The average molecular weight is 467 g/mol. The lowest BCUT2D eigenvalue weighted by Crippen LogP contribution is -1.82. The fourth-order valence-electron chi connectivity index (χ4n) is 1.68. The maximum absolute atomic E-state index is 4.66. The largest absolute Gasteiger partial charge is 0.337 e. The molecule has 0 aliphatic heterocycles. The third-order valence-corrected chi connectivity index (χ3v) is 4.38. The molecule has 17 heavy (non-hydrogen) atoms. The zero-order valence-electron chi connectivity index (χ0n) is 8.52. The van der Waals surface area contributed by atoms with Gasteiger partial charge < -0.3 is 4.98 Å². The van der Waals surface area contributed by atoms with Gasteiger partial charge in [-0.3, -0.25) is 0 Å². The molecule has 0 aliphatic rings. The Morgan fingerprint density at radius 1 is 1.29 bits per heavy atom. The van der Waals surface area contributed by atoms with Crippen molar-refractivity contribution in [1.82, 2.24) is 15.0 Å². The Morgan fingerprint density at radius 3 is 2.88 bits per heavy atom. The molecule has 3 nitrogen and oxygen atoms in total. The summed E-state index contributed by atoms with van der Waals surface area (Å²) in [5.74, 6) is 0.849. The lowest BCUT2D eigenvalue weighted by molar-refractivity contribution is 1.27. The van der Waals surface area contributed by atoms with Gasteiger partial charge in [0.25, 0.3) is 0 Å². The second kappa shape index (κ2) is 4.81. The number of aromatic amines is 1. The number of halogens is 2. The summed E-state index contributed by atoms with van der Waals surface area (Å²) in [6.07, 6.45) is 0. The molecule has 1 N–H and O–H groups in total. The topological polar surface area (TPSA) is 41.6 Å². The minimum Gasteiger partial charge on any atom is -0.337 e. The number of H-pyrrole nitrogens is 1. The lowest BCUT2D eigenvalue weighted by Gasteiger charge is -2.01. The van der Waals surface area contributed by atoms with E-state index in [-0.39, 0.29) is 0 Å². The maximum atomic E-state index is 4.66. The number of alkyl halides is 2. The highest BCUT2D eigenvalue weighted by Crippen LogP contribution is 2.35. The van der Waals surface area contributed by atoms with Crippen molar-refractivity contribution in [1.29, 1.82) is 0 Å². The first-order chi connectivity index (χ1) is 8.25. The molecule has 2 heterocycles. The van der Waals surface area contributed by atoms with Crippen LogP contribution in [0.2, 0.25) is 0 Å². The Kier molecular flexibility index (Phi) is 3.35. The van der Waals surface area contributed by atoms with E-state index in [4.69, 9.17) is 0 Å². The molecule has 6 heteroatoms. The number of rotatable bonds is 2. The normalized spacial score (nSPS) is 11.5. The Balaban J connectivity index is 2.22. The van der Waals surface area contributed by atoms with E-state index in [1.54, 1.807) is 11.3 Å². The molecule has 0 saturated heterocycles.